The van der Waals surface area contributed by atoms with Crippen LogP contribution in [0.5, 0.6) is 0 Å². The predicted octanol–water partition coefficient (Wildman–Crippen LogP) is 8.21. The van der Waals surface area contributed by atoms with Crippen LogP contribution in [-0.4, -0.2) is 26.2 Å². The molecule has 0 aliphatic heterocycles. The van der Waals surface area contributed by atoms with Gasteiger partial charge in [0, 0.05) is 19.3 Å². The smallest absolute Gasteiger partial charge is 0.302 e. The zero-order valence-electron chi connectivity index (χ0n) is 27.5. The minimum atomic E-state index is -3.80. The van der Waals surface area contributed by atoms with Gasteiger partial charge in [0.25, 0.3) is 10.0 Å². The molecule has 7 heteroatoms. The molecule has 0 radical (unpaired) electrons. The first-order valence-corrected chi connectivity index (χ1v) is 18.3. The van der Waals surface area contributed by atoms with E-state index in [9.17, 15) is 13.2 Å². The number of hydrogen-bond donors (Lipinski definition) is 1. The molecule has 5 rings (SSSR count). The van der Waals surface area contributed by atoms with Crippen LogP contribution in [0, 0.1) is 53.3 Å². The van der Waals surface area contributed by atoms with Crippen LogP contribution in [0.1, 0.15) is 111 Å². The number of hydrogen-bond acceptors (Lipinski definition) is 5. The number of carbonyl (C=O) groups excluding carboxylic acids is 1. The average molecular weight is 611 g/mol. The quantitative estimate of drug-likeness (QED) is 0.226. The fourth-order valence-electron chi connectivity index (χ4n) is 9.74. The normalized spacial score (nSPS) is 35.5. The number of benzene rings is 1. The molecule has 238 valence electrons. The van der Waals surface area contributed by atoms with Crippen molar-refractivity contribution in [3.05, 3.63) is 41.5 Å². The number of aryl methyl sites for hydroxylation is 1. The molecule has 6 nitrogen and oxygen atoms in total. The Labute approximate surface area is 260 Å². The molecule has 0 amide bonds. The van der Waals surface area contributed by atoms with Gasteiger partial charge in [-0.05, 0) is 104 Å². The summed E-state index contributed by atoms with van der Waals surface area (Å²) < 4.78 is 32.4. The molecule has 0 bridgehead atoms. The maximum absolute atomic E-state index is 13.3. The molecule has 0 saturated heterocycles. The molecule has 8 atom stereocenters. The number of ether oxygens (including phenoxy) is 1. The topological polar surface area (TPSA) is 84.8 Å². The summed E-state index contributed by atoms with van der Waals surface area (Å²) in [4.78, 5) is 14.7. The van der Waals surface area contributed by atoms with Crippen molar-refractivity contribution in [1.82, 2.24) is 4.83 Å². The largest absolute Gasteiger partial charge is 0.462 e. The number of esters is 1. The van der Waals surface area contributed by atoms with Crippen molar-refractivity contribution in [3.63, 3.8) is 0 Å². The summed E-state index contributed by atoms with van der Waals surface area (Å²) in [6.07, 6.45) is 13.3. The Morgan fingerprint density at radius 3 is 2.42 bits per heavy atom. The predicted molar refractivity (Wildman–Crippen MR) is 173 cm³/mol. The minimum Gasteiger partial charge on any atom is -0.462 e. The molecule has 0 aromatic heterocycles. The van der Waals surface area contributed by atoms with E-state index in [2.05, 4.69) is 45.5 Å². The number of sulfonamides is 1. The van der Waals surface area contributed by atoms with Crippen LogP contribution in [0.2, 0.25) is 0 Å². The van der Waals surface area contributed by atoms with E-state index in [0.717, 1.165) is 36.5 Å². The lowest BCUT2D eigenvalue weighted by molar-refractivity contribution is -0.148. The first-order chi connectivity index (χ1) is 20.2. The summed E-state index contributed by atoms with van der Waals surface area (Å²) in [7, 11) is -3.80. The van der Waals surface area contributed by atoms with Gasteiger partial charge in [0.2, 0.25) is 0 Å². The van der Waals surface area contributed by atoms with Gasteiger partial charge in [-0.25, -0.2) is 0 Å². The highest BCUT2D eigenvalue weighted by molar-refractivity contribution is 7.89. The van der Waals surface area contributed by atoms with Crippen molar-refractivity contribution in [2.45, 2.75) is 124 Å². The molecular formula is C36H54N2O4S. The molecule has 4 aliphatic carbocycles. The molecule has 0 unspecified atom stereocenters. The number of rotatable bonds is 9. The standard InChI is InChI=1S/C36H54N2O4S/c1-23(2)9-8-10-25(4)30-15-16-31-34-32(18-20-36(30,31)7)35(6)19-17-28(42-26(5)39)21-27(35)22-33(34)37-38-43(40,41)29-13-11-24(3)12-14-29/h11-14,22-23,25,28,30-32,34,38H,8-10,15-21H2,1-7H3/b37-33+/t25-,28+,30-,31+,32+,34+,35+,36-/m1/s1. The second kappa shape index (κ2) is 12.3. The second-order valence-electron chi connectivity index (χ2n) is 15.3. The van der Waals surface area contributed by atoms with Crippen LogP contribution in [-0.2, 0) is 19.6 Å². The molecule has 0 heterocycles. The molecular weight excluding hydrogens is 556 g/mol. The van der Waals surface area contributed by atoms with Gasteiger partial charge >= 0.3 is 5.97 Å². The summed E-state index contributed by atoms with van der Waals surface area (Å²) in [5.41, 5.74) is 3.39. The van der Waals surface area contributed by atoms with Gasteiger partial charge in [-0.3, -0.25) is 4.79 Å². The molecule has 1 aromatic carbocycles. The zero-order valence-corrected chi connectivity index (χ0v) is 28.3. The Hall–Kier alpha value is -2.15. The number of nitrogens with one attached hydrogen (secondary N) is 1. The Kier molecular flexibility index (Phi) is 9.25. The van der Waals surface area contributed by atoms with Gasteiger partial charge in [-0.15, -0.1) is 0 Å². The van der Waals surface area contributed by atoms with Crippen molar-refractivity contribution in [2.24, 2.45) is 51.4 Å². The van der Waals surface area contributed by atoms with E-state index in [1.165, 1.54) is 51.0 Å². The monoisotopic (exact) mass is 610 g/mol. The first kappa shape index (κ1) is 32.2. The van der Waals surface area contributed by atoms with E-state index in [0.29, 0.717) is 30.1 Å². The molecule has 43 heavy (non-hydrogen) atoms. The summed E-state index contributed by atoms with van der Waals surface area (Å²) in [5, 5.41) is 4.77. The van der Waals surface area contributed by atoms with Crippen LogP contribution in [0.3, 0.4) is 0 Å². The SMILES string of the molecule is CC(=O)O[C@H]1CC[C@@]2(C)C(=C/C(=N\NS(=O)(=O)c3ccc(C)cc3)[C@H]3[C@@H]4CC[C@H]([C@H](C)CCCC(C)C)[C@@]4(C)CC[C@@H]32)C1. The van der Waals surface area contributed by atoms with Crippen LogP contribution < -0.4 is 4.83 Å². The van der Waals surface area contributed by atoms with E-state index < -0.39 is 10.0 Å². The summed E-state index contributed by atoms with van der Waals surface area (Å²) in [6, 6.07) is 6.91. The molecule has 1 N–H and O–H groups in total. The van der Waals surface area contributed by atoms with E-state index >= 15 is 0 Å². The minimum absolute atomic E-state index is 0.0124. The fraction of sp³-hybridized carbons (Fsp3) is 0.722. The molecule has 1 aromatic rings. The van der Waals surface area contributed by atoms with Crippen LogP contribution in [0.25, 0.3) is 0 Å². The lowest BCUT2D eigenvalue weighted by atomic mass is 9.46. The van der Waals surface area contributed by atoms with Gasteiger partial charge in [0.05, 0.1) is 10.6 Å². The van der Waals surface area contributed by atoms with E-state index in [1.807, 2.05) is 19.1 Å². The highest BCUT2D eigenvalue weighted by atomic mass is 32.2. The number of carbonyl (C=O) groups is 1. The van der Waals surface area contributed by atoms with Gasteiger partial charge < -0.3 is 4.74 Å². The van der Waals surface area contributed by atoms with Crippen molar-refractivity contribution in [2.75, 3.05) is 0 Å². The second-order valence-corrected chi connectivity index (χ2v) is 16.9. The summed E-state index contributed by atoms with van der Waals surface area (Å²) >= 11 is 0. The van der Waals surface area contributed by atoms with E-state index in [1.54, 1.807) is 12.1 Å². The summed E-state index contributed by atoms with van der Waals surface area (Å²) in [6.45, 7) is 15.5. The number of fused-ring (bicyclic) bond motifs is 5. The molecule has 4 aliphatic rings. The van der Waals surface area contributed by atoms with E-state index in [4.69, 9.17) is 9.84 Å². The highest BCUT2D eigenvalue weighted by Crippen LogP contribution is 2.67. The van der Waals surface area contributed by atoms with Crippen LogP contribution in [0.15, 0.2) is 45.9 Å². The third-order valence-electron chi connectivity index (χ3n) is 12.1. The highest BCUT2D eigenvalue weighted by Gasteiger charge is 2.61. The van der Waals surface area contributed by atoms with Gasteiger partial charge in [0.15, 0.2) is 0 Å². The van der Waals surface area contributed by atoms with Gasteiger partial charge in [-0.1, -0.05) is 77.2 Å². The molecule has 3 fully saturated rings. The Morgan fingerprint density at radius 1 is 1.02 bits per heavy atom. The van der Waals surface area contributed by atoms with Crippen molar-refractivity contribution < 1.29 is 17.9 Å². The number of nitrogens with zero attached hydrogens (tertiary/aromatic N) is 1. The third-order valence-corrected chi connectivity index (χ3v) is 13.3. The Balaban J connectivity index is 1.49. The number of allylic oxidation sites excluding steroid dienone is 1. The zero-order chi connectivity index (χ0) is 31.2. The Morgan fingerprint density at radius 2 is 1.74 bits per heavy atom. The lowest BCUT2D eigenvalue weighted by Crippen LogP contribution is -2.54. The first-order valence-electron chi connectivity index (χ1n) is 16.8. The lowest BCUT2D eigenvalue weighted by Gasteiger charge is -2.58. The third kappa shape index (κ3) is 6.35. The Bertz CT molecular complexity index is 1350. The van der Waals surface area contributed by atoms with E-state index in [-0.39, 0.29) is 33.7 Å². The molecule has 0 spiro atoms. The van der Waals surface area contributed by atoms with Crippen molar-refractivity contribution >= 4 is 21.7 Å². The maximum Gasteiger partial charge on any atom is 0.302 e. The van der Waals surface area contributed by atoms with Crippen LogP contribution in [0.4, 0.5) is 0 Å². The maximum atomic E-state index is 13.3. The molecule has 3 saturated carbocycles. The van der Waals surface area contributed by atoms with Gasteiger partial charge in [-0.2, -0.15) is 18.4 Å². The van der Waals surface area contributed by atoms with Crippen molar-refractivity contribution in [3.8, 4) is 0 Å². The fourth-order valence-corrected chi connectivity index (χ4v) is 10.6. The number of hydrazone groups is 1. The van der Waals surface area contributed by atoms with Crippen LogP contribution >= 0.6 is 0 Å². The van der Waals surface area contributed by atoms with Gasteiger partial charge in [0.1, 0.15) is 6.10 Å². The summed E-state index contributed by atoms with van der Waals surface area (Å²) in [5.74, 6) is 2.98. The van der Waals surface area contributed by atoms with Crippen molar-refractivity contribution in [1.29, 1.82) is 0 Å². The average Bonchev–Trinajstić information content (AvgIpc) is 3.29.